The summed E-state index contributed by atoms with van der Waals surface area (Å²) >= 11 is 0. The zero-order valence-electron chi connectivity index (χ0n) is 17.6. The molecule has 4 rings (SSSR count). The molecule has 1 fully saturated rings. The van der Waals surface area contributed by atoms with Crippen LogP contribution in [0.2, 0.25) is 0 Å². The molecule has 8 nitrogen and oxygen atoms in total. The molecule has 0 unspecified atom stereocenters. The maximum atomic E-state index is 14.5. The van der Waals surface area contributed by atoms with Crippen molar-refractivity contribution in [2.45, 2.75) is 20.4 Å². The van der Waals surface area contributed by atoms with Crippen LogP contribution in [0.5, 0.6) is 0 Å². The molecule has 1 saturated heterocycles. The van der Waals surface area contributed by atoms with Crippen LogP contribution in [0.3, 0.4) is 0 Å². The Morgan fingerprint density at radius 1 is 1.23 bits per heavy atom. The van der Waals surface area contributed by atoms with Crippen molar-refractivity contribution in [3.63, 3.8) is 0 Å². The van der Waals surface area contributed by atoms with Gasteiger partial charge in [0.1, 0.15) is 16.9 Å². The number of benzene rings is 1. The van der Waals surface area contributed by atoms with Crippen LogP contribution in [0.25, 0.3) is 11.0 Å². The smallest absolute Gasteiger partial charge is 0.269 e. The number of anilines is 1. The third-order valence-corrected chi connectivity index (χ3v) is 5.44. The third-order valence-electron chi connectivity index (χ3n) is 5.44. The highest BCUT2D eigenvalue weighted by atomic mass is 19.1. The number of carbonyl (C=O) groups excluding carboxylic acids is 1. The largest absolute Gasteiger partial charge is 0.368 e. The molecule has 2 N–H and O–H groups in total. The van der Waals surface area contributed by atoms with Gasteiger partial charge in [0.05, 0.1) is 17.4 Å². The zero-order chi connectivity index (χ0) is 22.0. The molecule has 0 saturated carbocycles. The summed E-state index contributed by atoms with van der Waals surface area (Å²) in [5.41, 5.74) is 2.74. The quantitative estimate of drug-likeness (QED) is 0.649. The van der Waals surface area contributed by atoms with Crippen molar-refractivity contribution in [1.82, 2.24) is 25.2 Å². The Morgan fingerprint density at radius 2 is 2.00 bits per heavy atom. The number of aromatic nitrogens is 3. The lowest BCUT2D eigenvalue weighted by molar-refractivity contribution is 0.0951. The van der Waals surface area contributed by atoms with Gasteiger partial charge < -0.3 is 15.2 Å². The monoisotopic (exact) mass is 424 g/mol. The van der Waals surface area contributed by atoms with Crippen molar-refractivity contribution in [3.05, 3.63) is 63.6 Å². The zero-order valence-corrected chi connectivity index (χ0v) is 17.6. The van der Waals surface area contributed by atoms with E-state index in [1.54, 1.807) is 25.3 Å². The molecule has 1 aliphatic rings. The molecule has 3 aromatic rings. The Bertz CT molecular complexity index is 1150. The molecule has 1 aromatic carbocycles. The topological polar surface area (TPSA) is 94.2 Å². The molecular weight excluding hydrogens is 399 g/mol. The second-order valence-electron chi connectivity index (χ2n) is 7.65. The molecule has 0 spiro atoms. The van der Waals surface area contributed by atoms with Gasteiger partial charge in [-0.05, 0) is 43.7 Å². The molecule has 31 heavy (non-hydrogen) atoms. The van der Waals surface area contributed by atoms with Gasteiger partial charge in [-0.2, -0.15) is 0 Å². The van der Waals surface area contributed by atoms with E-state index >= 15 is 0 Å². The predicted molar refractivity (Wildman–Crippen MR) is 117 cm³/mol. The van der Waals surface area contributed by atoms with Crippen LogP contribution in [0.15, 0.2) is 35.3 Å². The summed E-state index contributed by atoms with van der Waals surface area (Å²) < 4.78 is 14.5. The van der Waals surface area contributed by atoms with Crippen molar-refractivity contribution in [2.75, 3.05) is 37.6 Å². The van der Waals surface area contributed by atoms with Crippen LogP contribution >= 0.6 is 0 Å². The van der Waals surface area contributed by atoms with Crippen LogP contribution in [-0.4, -0.2) is 58.5 Å². The van der Waals surface area contributed by atoms with Gasteiger partial charge in [0, 0.05) is 39.3 Å². The molecule has 1 amide bonds. The van der Waals surface area contributed by atoms with Gasteiger partial charge in [0.25, 0.3) is 11.5 Å². The van der Waals surface area contributed by atoms with Crippen molar-refractivity contribution >= 4 is 22.6 Å². The van der Waals surface area contributed by atoms with Gasteiger partial charge >= 0.3 is 0 Å². The minimum absolute atomic E-state index is 0.173. The lowest BCUT2D eigenvalue weighted by atomic mass is 10.1. The minimum Gasteiger partial charge on any atom is -0.368 e. The Balaban J connectivity index is 1.40. The van der Waals surface area contributed by atoms with Crippen molar-refractivity contribution in [3.8, 4) is 0 Å². The maximum Gasteiger partial charge on any atom is 0.269 e. The molecule has 2 aromatic heterocycles. The van der Waals surface area contributed by atoms with E-state index in [1.165, 1.54) is 6.07 Å². The predicted octanol–water partition coefficient (Wildman–Crippen LogP) is 1.84. The van der Waals surface area contributed by atoms with Crippen LogP contribution < -0.4 is 15.8 Å². The van der Waals surface area contributed by atoms with Crippen molar-refractivity contribution in [2.24, 2.45) is 0 Å². The van der Waals surface area contributed by atoms with E-state index in [1.807, 2.05) is 13.0 Å². The normalized spacial score (nSPS) is 14.7. The number of aromatic amines is 1. The van der Waals surface area contributed by atoms with Crippen LogP contribution in [0.4, 0.5) is 10.1 Å². The number of rotatable bonds is 5. The minimum atomic E-state index is -0.427. The summed E-state index contributed by atoms with van der Waals surface area (Å²) in [7, 11) is 0. The maximum absolute atomic E-state index is 14.5. The van der Waals surface area contributed by atoms with Crippen LogP contribution in [-0.2, 0) is 6.54 Å². The average molecular weight is 424 g/mol. The first kappa shape index (κ1) is 20.9. The molecule has 162 valence electrons. The standard InChI is InChI=1S/C22H25FN6O2/c1-3-24-22(31)18-5-4-16(12-25-18)29-8-6-28(7-9-29)13-15-10-17(23)20-19(11-15)27-21(30)14(2)26-20/h4-5,10-12H,3,6-9,13H2,1-2H3,(H,24,31)(H,27,30). The van der Waals surface area contributed by atoms with Crippen LogP contribution in [0, 0.1) is 12.7 Å². The number of piperazine rings is 1. The van der Waals surface area contributed by atoms with Crippen molar-refractivity contribution < 1.29 is 9.18 Å². The first-order valence-electron chi connectivity index (χ1n) is 10.3. The fraction of sp³-hybridized carbons (Fsp3) is 0.364. The van der Waals surface area contributed by atoms with Crippen LogP contribution in [0.1, 0.15) is 28.7 Å². The summed E-state index contributed by atoms with van der Waals surface area (Å²) in [6.07, 6.45) is 1.73. The van der Waals surface area contributed by atoms with E-state index in [9.17, 15) is 14.0 Å². The summed E-state index contributed by atoms with van der Waals surface area (Å²) in [6.45, 7) is 7.80. The van der Waals surface area contributed by atoms with E-state index in [0.29, 0.717) is 24.3 Å². The second kappa shape index (κ2) is 8.81. The Kier molecular flexibility index (Phi) is 5.94. The molecular formula is C22H25FN6O2. The number of amides is 1. The van der Waals surface area contributed by atoms with Gasteiger partial charge in [0.15, 0.2) is 5.82 Å². The van der Waals surface area contributed by atoms with Gasteiger partial charge in [-0.1, -0.05) is 0 Å². The number of H-pyrrole nitrogens is 1. The van der Waals surface area contributed by atoms with E-state index in [2.05, 4.69) is 30.1 Å². The Hall–Kier alpha value is -3.33. The molecule has 0 aliphatic carbocycles. The molecule has 0 bridgehead atoms. The van der Waals surface area contributed by atoms with E-state index in [-0.39, 0.29) is 22.7 Å². The molecule has 9 heteroatoms. The summed E-state index contributed by atoms with van der Waals surface area (Å²) in [4.78, 5) is 39.2. The van der Waals surface area contributed by atoms with E-state index in [0.717, 1.165) is 37.4 Å². The molecule has 3 heterocycles. The average Bonchev–Trinajstić information content (AvgIpc) is 2.76. The van der Waals surface area contributed by atoms with E-state index < -0.39 is 5.82 Å². The number of hydrogen-bond acceptors (Lipinski definition) is 6. The molecule has 1 aliphatic heterocycles. The summed E-state index contributed by atoms with van der Waals surface area (Å²) in [6, 6.07) is 6.93. The fourth-order valence-electron chi connectivity index (χ4n) is 3.77. The number of fused-ring (bicyclic) bond motifs is 1. The number of nitrogens with zero attached hydrogens (tertiary/aromatic N) is 4. The number of carbonyl (C=O) groups is 1. The van der Waals surface area contributed by atoms with Gasteiger partial charge in [0.2, 0.25) is 0 Å². The number of halogens is 1. The third kappa shape index (κ3) is 4.56. The highest BCUT2D eigenvalue weighted by Crippen LogP contribution is 2.20. The Labute approximate surface area is 179 Å². The SMILES string of the molecule is CCNC(=O)c1ccc(N2CCN(Cc3cc(F)c4nc(C)c(=O)[nH]c4c3)CC2)cn1. The highest BCUT2D eigenvalue weighted by Gasteiger charge is 2.19. The number of pyridine rings is 1. The number of nitrogens with one attached hydrogen (secondary N) is 2. The lowest BCUT2D eigenvalue weighted by Gasteiger charge is -2.36. The first-order chi connectivity index (χ1) is 14.9. The van der Waals surface area contributed by atoms with Gasteiger partial charge in [-0.25, -0.2) is 14.4 Å². The highest BCUT2D eigenvalue weighted by molar-refractivity contribution is 5.92. The number of aryl methyl sites for hydroxylation is 1. The summed E-state index contributed by atoms with van der Waals surface area (Å²) in [5, 5.41) is 2.74. The van der Waals surface area contributed by atoms with Crippen molar-refractivity contribution in [1.29, 1.82) is 0 Å². The van der Waals surface area contributed by atoms with E-state index in [4.69, 9.17) is 0 Å². The number of hydrogen-bond donors (Lipinski definition) is 2. The lowest BCUT2D eigenvalue weighted by Crippen LogP contribution is -2.46. The van der Waals surface area contributed by atoms with Gasteiger partial charge in [-0.3, -0.25) is 14.5 Å². The molecule has 0 radical (unpaired) electrons. The van der Waals surface area contributed by atoms with Gasteiger partial charge in [-0.15, -0.1) is 0 Å². The fourth-order valence-corrected chi connectivity index (χ4v) is 3.77. The second-order valence-corrected chi connectivity index (χ2v) is 7.65. The Morgan fingerprint density at radius 3 is 2.68 bits per heavy atom. The first-order valence-corrected chi connectivity index (χ1v) is 10.3. The summed E-state index contributed by atoms with van der Waals surface area (Å²) in [5.74, 6) is -0.600. The molecule has 0 atom stereocenters.